The number of ether oxygens (including phenoxy) is 2. The minimum Gasteiger partial charge on any atom is -0.756 e. The molecular weight excluding hydrogens is 709 g/mol. The summed E-state index contributed by atoms with van der Waals surface area (Å²) >= 11 is 0. The summed E-state index contributed by atoms with van der Waals surface area (Å²) in [6.45, 7) is 3.74. The van der Waals surface area contributed by atoms with Gasteiger partial charge in [0.1, 0.15) is 19.8 Å². The fraction of sp³-hybridized carbons (Fsp3) is 0.762. The molecule has 0 aromatic heterocycles. The highest BCUT2D eigenvalue weighted by atomic mass is 31.2. The van der Waals surface area contributed by atoms with E-state index in [1.54, 1.807) is 0 Å². The number of carbonyl (C=O) groups excluding carboxylic acids is 2. The molecule has 11 nitrogen and oxygen atoms in total. The van der Waals surface area contributed by atoms with E-state index >= 15 is 0 Å². The molecule has 0 radical (unpaired) electrons. The number of esters is 2. The van der Waals surface area contributed by atoms with Crippen LogP contribution in [0.1, 0.15) is 142 Å². The van der Waals surface area contributed by atoms with Crippen molar-refractivity contribution in [2.45, 2.75) is 161 Å². The van der Waals surface area contributed by atoms with Crippen molar-refractivity contribution in [3.63, 3.8) is 0 Å². The zero-order valence-electron chi connectivity index (χ0n) is 34.4. The monoisotopic (exact) mass is 786 g/mol. The molecule has 2 N–H and O–H groups in total. The second-order valence-electron chi connectivity index (χ2n) is 14.9. The third-order valence-electron chi connectivity index (χ3n) is 8.56. The highest BCUT2D eigenvalue weighted by Crippen LogP contribution is 2.38. The van der Waals surface area contributed by atoms with Crippen LogP contribution < -0.4 is 4.89 Å². The molecule has 1 unspecified atom stereocenters. The number of hydrogen-bond donors (Lipinski definition) is 2. The Morgan fingerprint density at radius 2 is 1.19 bits per heavy atom. The van der Waals surface area contributed by atoms with Gasteiger partial charge < -0.3 is 38.1 Å². The Labute approximate surface area is 328 Å². The average Bonchev–Trinajstić information content (AvgIpc) is 3.11. The summed E-state index contributed by atoms with van der Waals surface area (Å²) in [5.41, 5.74) is 0. The zero-order chi connectivity index (χ0) is 40.3. The molecule has 0 aliphatic carbocycles. The number of rotatable bonds is 36. The molecule has 4 atom stereocenters. The van der Waals surface area contributed by atoms with Gasteiger partial charge in [-0.25, -0.2) is 0 Å². The smallest absolute Gasteiger partial charge is 0.306 e. The molecule has 0 bridgehead atoms. The summed E-state index contributed by atoms with van der Waals surface area (Å²) in [7, 11) is 0.982. The van der Waals surface area contributed by atoms with Crippen LogP contribution in [-0.4, -0.2) is 92.5 Å². The van der Waals surface area contributed by atoms with E-state index in [9.17, 15) is 29.3 Å². The van der Waals surface area contributed by atoms with E-state index in [-0.39, 0.29) is 45.3 Å². The third kappa shape index (κ3) is 35.6. The van der Waals surface area contributed by atoms with Crippen LogP contribution in [0, 0.1) is 0 Å². The Kier molecular flexibility index (Phi) is 32.8. The molecule has 0 fully saturated rings. The van der Waals surface area contributed by atoms with Crippen LogP contribution in [-0.2, 0) is 32.7 Å². The van der Waals surface area contributed by atoms with Crippen LogP contribution in [0.4, 0.5) is 0 Å². The molecule has 0 rings (SSSR count). The molecule has 0 saturated carbocycles. The van der Waals surface area contributed by atoms with Crippen molar-refractivity contribution in [2.24, 2.45) is 0 Å². The maximum absolute atomic E-state index is 12.7. The van der Waals surface area contributed by atoms with Crippen LogP contribution >= 0.6 is 7.82 Å². The Balaban J connectivity index is 4.67. The molecule has 54 heavy (non-hydrogen) atoms. The van der Waals surface area contributed by atoms with Gasteiger partial charge in [-0.3, -0.25) is 14.2 Å². The first-order chi connectivity index (χ1) is 25.8. The lowest BCUT2D eigenvalue weighted by molar-refractivity contribution is -0.870. The third-order valence-corrected chi connectivity index (χ3v) is 9.53. The number of unbranched alkanes of at least 4 members (excludes halogenated alkanes) is 10. The largest absolute Gasteiger partial charge is 0.756 e. The average molecular weight is 786 g/mol. The molecule has 0 aromatic rings. The number of nitrogens with zero attached hydrogens (tertiary/aromatic N) is 1. The van der Waals surface area contributed by atoms with Gasteiger partial charge in [0.05, 0.1) is 40.0 Å². The molecule has 0 aliphatic heterocycles. The van der Waals surface area contributed by atoms with E-state index in [4.69, 9.17) is 18.5 Å². The summed E-state index contributed by atoms with van der Waals surface area (Å²) in [5.74, 6) is -1.13. The van der Waals surface area contributed by atoms with Crippen molar-refractivity contribution in [3.8, 4) is 0 Å². The second-order valence-corrected chi connectivity index (χ2v) is 16.3. The number of quaternary nitrogens is 1. The summed E-state index contributed by atoms with van der Waals surface area (Å²) in [6, 6.07) is 0. The lowest BCUT2D eigenvalue weighted by Gasteiger charge is -2.28. The maximum atomic E-state index is 12.7. The van der Waals surface area contributed by atoms with Gasteiger partial charge in [0.15, 0.2) is 6.10 Å². The SMILES string of the molecule is CC/C=C\C/C=C\C/C=C\C/C=C\C[C@@H](O)[C@H](O)CCCC(=O)O[C@H](COC(=O)CCCCCCCCCCCCC)COP(=O)([O-])OCC[N+](C)(C)C. The fourth-order valence-corrected chi connectivity index (χ4v) is 5.94. The van der Waals surface area contributed by atoms with Crippen molar-refractivity contribution in [1.82, 2.24) is 0 Å². The Bertz CT molecular complexity index is 1100. The first kappa shape index (κ1) is 51.9. The van der Waals surface area contributed by atoms with E-state index in [0.29, 0.717) is 17.4 Å². The van der Waals surface area contributed by atoms with Gasteiger partial charge in [-0.05, 0) is 51.4 Å². The first-order valence-corrected chi connectivity index (χ1v) is 22.0. The van der Waals surface area contributed by atoms with Gasteiger partial charge in [0.25, 0.3) is 7.82 Å². The van der Waals surface area contributed by atoms with Crippen LogP contribution in [0.3, 0.4) is 0 Å². The fourth-order valence-electron chi connectivity index (χ4n) is 5.21. The zero-order valence-corrected chi connectivity index (χ0v) is 35.3. The second kappa shape index (κ2) is 34.2. The number of carbonyl (C=O) groups is 2. The summed E-state index contributed by atoms with van der Waals surface area (Å²) < 4.78 is 33.6. The standard InChI is InChI=1S/C42H76NO10P/c1-6-8-10-12-14-16-18-20-21-23-25-27-30-39(44)40(45)31-29-33-42(47)53-38(37-52-54(48,49)51-35-34-43(3,4)5)36-50-41(46)32-28-26-24-22-19-17-15-13-11-9-7-2/h8,10,14,16,20-21,25,27,38-40,44-45H,6-7,9,11-13,15,17-19,22-24,26,28-37H2,1-5H3/b10-8-,16-14-,21-20-,27-25-/t38-,39-,40-/m1/s1. The number of hydrogen-bond acceptors (Lipinski definition) is 10. The van der Waals surface area contributed by atoms with E-state index in [1.807, 2.05) is 39.4 Å². The Morgan fingerprint density at radius 1 is 0.667 bits per heavy atom. The number of phosphoric ester groups is 1. The van der Waals surface area contributed by atoms with E-state index < -0.39 is 44.7 Å². The number of phosphoric acid groups is 1. The van der Waals surface area contributed by atoms with Crippen molar-refractivity contribution >= 4 is 19.8 Å². The lowest BCUT2D eigenvalue weighted by Crippen LogP contribution is -2.37. The van der Waals surface area contributed by atoms with E-state index in [1.165, 1.54) is 44.9 Å². The van der Waals surface area contributed by atoms with Gasteiger partial charge in [-0.15, -0.1) is 0 Å². The van der Waals surface area contributed by atoms with Crippen LogP contribution in [0.2, 0.25) is 0 Å². The Hall–Kier alpha value is -2.11. The van der Waals surface area contributed by atoms with Crippen LogP contribution in [0.5, 0.6) is 0 Å². The molecule has 0 spiro atoms. The molecule has 0 aromatic carbocycles. The van der Waals surface area contributed by atoms with Gasteiger partial charge >= 0.3 is 11.9 Å². The topological polar surface area (TPSA) is 152 Å². The molecule has 314 valence electrons. The molecular formula is C42H76NO10P. The molecule has 12 heteroatoms. The predicted molar refractivity (Wildman–Crippen MR) is 216 cm³/mol. The molecule has 0 heterocycles. The number of likely N-dealkylation sites (N-methyl/N-ethyl adjacent to an activating group) is 1. The number of allylic oxidation sites excluding steroid dienone is 7. The minimum atomic E-state index is -4.70. The summed E-state index contributed by atoms with van der Waals surface area (Å²) in [6.07, 6.45) is 30.3. The van der Waals surface area contributed by atoms with Crippen molar-refractivity contribution < 1.29 is 52.3 Å². The van der Waals surface area contributed by atoms with Crippen LogP contribution in [0.15, 0.2) is 48.6 Å². The highest BCUT2D eigenvalue weighted by molar-refractivity contribution is 7.45. The molecule has 0 saturated heterocycles. The van der Waals surface area contributed by atoms with Gasteiger partial charge in [-0.2, -0.15) is 0 Å². The quantitative estimate of drug-likeness (QED) is 0.0208. The number of aliphatic hydroxyl groups excluding tert-OH is 2. The summed E-state index contributed by atoms with van der Waals surface area (Å²) in [5, 5.41) is 20.7. The maximum Gasteiger partial charge on any atom is 0.306 e. The molecule has 0 amide bonds. The highest BCUT2D eigenvalue weighted by Gasteiger charge is 2.22. The minimum absolute atomic E-state index is 0.0842. The number of aliphatic hydroxyl groups is 2. The first-order valence-electron chi connectivity index (χ1n) is 20.5. The normalized spacial score (nSPS) is 15.3. The van der Waals surface area contributed by atoms with Crippen LogP contribution in [0.25, 0.3) is 0 Å². The van der Waals surface area contributed by atoms with E-state index in [0.717, 1.165) is 44.9 Å². The van der Waals surface area contributed by atoms with Crippen molar-refractivity contribution in [2.75, 3.05) is 47.5 Å². The lowest BCUT2D eigenvalue weighted by atomic mass is 10.0. The summed E-state index contributed by atoms with van der Waals surface area (Å²) in [4.78, 5) is 37.5. The van der Waals surface area contributed by atoms with Gasteiger partial charge in [0, 0.05) is 12.8 Å². The van der Waals surface area contributed by atoms with Gasteiger partial charge in [-0.1, -0.05) is 127 Å². The predicted octanol–water partition coefficient (Wildman–Crippen LogP) is 8.44. The van der Waals surface area contributed by atoms with E-state index in [2.05, 4.69) is 44.2 Å². The van der Waals surface area contributed by atoms with Crippen molar-refractivity contribution in [3.05, 3.63) is 48.6 Å². The van der Waals surface area contributed by atoms with Crippen molar-refractivity contribution in [1.29, 1.82) is 0 Å². The molecule has 0 aliphatic rings. The van der Waals surface area contributed by atoms with Gasteiger partial charge in [0.2, 0.25) is 0 Å². The Morgan fingerprint density at radius 3 is 1.74 bits per heavy atom.